The van der Waals surface area contributed by atoms with Gasteiger partial charge in [0.25, 0.3) is 0 Å². The number of anilines is 1. The SMILES string of the molecule is COc1ccc(C(=O)CCCC(=O)Nc2cccc3cccnc23)cc1. The number of aromatic nitrogens is 1. The Bertz CT molecular complexity index is 915. The van der Waals surface area contributed by atoms with Crippen LogP contribution < -0.4 is 10.1 Å². The Morgan fingerprint density at radius 1 is 1.00 bits per heavy atom. The fraction of sp³-hybridized carbons (Fsp3) is 0.190. The summed E-state index contributed by atoms with van der Waals surface area (Å²) in [5.41, 5.74) is 2.08. The molecule has 2 aromatic carbocycles. The first-order valence-electron chi connectivity index (χ1n) is 8.48. The van der Waals surface area contributed by atoms with Gasteiger partial charge in [0, 0.05) is 30.0 Å². The van der Waals surface area contributed by atoms with Crippen LogP contribution in [0.3, 0.4) is 0 Å². The van der Waals surface area contributed by atoms with Gasteiger partial charge in [-0.2, -0.15) is 0 Å². The molecule has 132 valence electrons. The Kier molecular flexibility index (Phi) is 5.59. The number of carbonyl (C=O) groups excluding carboxylic acids is 2. The number of Topliss-reactive ketones (excluding diaryl/α,β-unsaturated/α-hetero) is 1. The maximum Gasteiger partial charge on any atom is 0.224 e. The van der Waals surface area contributed by atoms with Gasteiger partial charge in [0.2, 0.25) is 5.91 Å². The lowest BCUT2D eigenvalue weighted by molar-refractivity contribution is -0.116. The van der Waals surface area contributed by atoms with Crippen LogP contribution in [0.1, 0.15) is 29.6 Å². The molecule has 0 bridgehead atoms. The van der Waals surface area contributed by atoms with E-state index < -0.39 is 0 Å². The molecular formula is C21H20N2O3. The Labute approximate surface area is 152 Å². The lowest BCUT2D eigenvalue weighted by atomic mass is 10.1. The minimum atomic E-state index is -0.120. The molecule has 5 nitrogen and oxygen atoms in total. The van der Waals surface area contributed by atoms with E-state index in [1.54, 1.807) is 37.6 Å². The van der Waals surface area contributed by atoms with Gasteiger partial charge in [-0.15, -0.1) is 0 Å². The second-order valence-corrected chi connectivity index (χ2v) is 5.93. The molecule has 1 amide bonds. The van der Waals surface area contributed by atoms with Crippen LogP contribution in [0, 0.1) is 0 Å². The molecule has 0 fully saturated rings. The number of carbonyl (C=O) groups is 2. The minimum Gasteiger partial charge on any atom is -0.497 e. The molecule has 0 unspecified atom stereocenters. The lowest BCUT2D eigenvalue weighted by Gasteiger charge is -2.08. The van der Waals surface area contributed by atoms with Crippen molar-refractivity contribution < 1.29 is 14.3 Å². The molecule has 1 heterocycles. The van der Waals surface area contributed by atoms with Crippen molar-refractivity contribution in [2.75, 3.05) is 12.4 Å². The average Bonchev–Trinajstić information content (AvgIpc) is 2.68. The van der Waals surface area contributed by atoms with Crippen molar-refractivity contribution >= 4 is 28.3 Å². The number of ketones is 1. The van der Waals surface area contributed by atoms with Gasteiger partial charge < -0.3 is 10.1 Å². The van der Waals surface area contributed by atoms with Gasteiger partial charge in [-0.05, 0) is 42.8 Å². The van der Waals surface area contributed by atoms with Crippen molar-refractivity contribution in [2.45, 2.75) is 19.3 Å². The van der Waals surface area contributed by atoms with Crippen molar-refractivity contribution in [1.82, 2.24) is 4.98 Å². The summed E-state index contributed by atoms with van der Waals surface area (Å²) >= 11 is 0. The molecule has 0 saturated heterocycles. The Hall–Kier alpha value is -3.21. The highest BCUT2D eigenvalue weighted by Gasteiger charge is 2.10. The number of pyridine rings is 1. The van der Waals surface area contributed by atoms with E-state index in [0.717, 1.165) is 10.9 Å². The molecular weight excluding hydrogens is 328 g/mol. The zero-order valence-electron chi connectivity index (χ0n) is 14.6. The molecule has 0 aliphatic heterocycles. The standard InChI is InChI=1S/C21H20N2O3/c1-26-17-12-10-15(11-13-17)19(24)8-3-9-20(25)23-18-7-2-5-16-6-4-14-22-21(16)18/h2,4-7,10-14H,3,8-9H2,1H3,(H,23,25). The highest BCUT2D eigenvalue weighted by molar-refractivity contribution is 6.00. The van der Waals surface area contributed by atoms with Gasteiger partial charge in [0.1, 0.15) is 5.75 Å². The van der Waals surface area contributed by atoms with Crippen LogP contribution in [0.25, 0.3) is 10.9 Å². The molecule has 26 heavy (non-hydrogen) atoms. The number of hydrogen-bond donors (Lipinski definition) is 1. The minimum absolute atomic E-state index is 0.0206. The number of nitrogens with one attached hydrogen (secondary N) is 1. The summed E-state index contributed by atoms with van der Waals surface area (Å²) in [6.07, 6.45) is 2.80. The van der Waals surface area contributed by atoms with Crippen LogP contribution in [0.15, 0.2) is 60.8 Å². The molecule has 1 N–H and O–H groups in total. The zero-order valence-corrected chi connectivity index (χ0v) is 14.6. The predicted octanol–water partition coefficient (Wildman–Crippen LogP) is 4.24. The van der Waals surface area contributed by atoms with E-state index in [0.29, 0.717) is 29.8 Å². The third kappa shape index (κ3) is 4.25. The second kappa shape index (κ2) is 8.25. The number of nitrogens with zero attached hydrogens (tertiary/aromatic N) is 1. The topological polar surface area (TPSA) is 68.3 Å². The van der Waals surface area contributed by atoms with Crippen molar-refractivity contribution in [3.63, 3.8) is 0 Å². The molecule has 0 aliphatic rings. The molecule has 0 radical (unpaired) electrons. The molecule has 3 aromatic rings. The van der Waals surface area contributed by atoms with Gasteiger partial charge in [-0.25, -0.2) is 0 Å². The highest BCUT2D eigenvalue weighted by Crippen LogP contribution is 2.21. The van der Waals surface area contributed by atoms with Crippen LogP contribution >= 0.6 is 0 Å². The van der Waals surface area contributed by atoms with Gasteiger partial charge >= 0.3 is 0 Å². The molecule has 1 aromatic heterocycles. The van der Waals surface area contributed by atoms with E-state index in [4.69, 9.17) is 4.74 Å². The van der Waals surface area contributed by atoms with Crippen LogP contribution in [-0.2, 0) is 4.79 Å². The fourth-order valence-corrected chi connectivity index (χ4v) is 2.75. The van der Waals surface area contributed by atoms with E-state index in [9.17, 15) is 9.59 Å². The Morgan fingerprint density at radius 3 is 2.54 bits per heavy atom. The van der Waals surface area contributed by atoms with E-state index in [1.807, 2.05) is 30.3 Å². The first kappa shape index (κ1) is 17.6. The van der Waals surface area contributed by atoms with Crippen LogP contribution in [0.4, 0.5) is 5.69 Å². The molecule has 5 heteroatoms. The first-order chi connectivity index (χ1) is 12.7. The van der Waals surface area contributed by atoms with Gasteiger partial charge in [0.05, 0.1) is 18.3 Å². The quantitative estimate of drug-likeness (QED) is 0.649. The molecule has 0 saturated carbocycles. The first-order valence-corrected chi connectivity index (χ1v) is 8.48. The van der Waals surface area contributed by atoms with Gasteiger partial charge in [0.15, 0.2) is 5.78 Å². The number of rotatable bonds is 7. The van der Waals surface area contributed by atoms with E-state index in [2.05, 4.69) is 10.3 Å². The maximum atomic E-state index is 12.2. The van der Waals surface area contributed by atoms with Gasteiger partial charge in [-0.3, -0.25) is 14.6 Å². The van der Waals surface area contributed by atoms with E-state index in [1.165, 1.54) is 0 Å². The third-order valence-electron chi connectivity index (χ3n) is 4.13. The zero-order chi connectivity index (χ0) is 18.4. The van der Waals surface area contributed by atoms with Crippen molar-refractivity contribution in [1.29, 1.82) is 0 Å². The molecule has 3 rings (SSSR count). The van der Waals surface area contributed by atoms with E-state index in [-0.39, 0.29) is 18.1 Å². The summed E-state index contributed by atoms with van der Waals surface area (Å²) in [7, 11) is 1.58. The van der Waals surface area contributed by atoms with Crippen LogP contribution in [-0.4, -0.2) is 23.8 Å². The molecule has 0 atom stereocenters. The van der Waals surface area contributed by atoms with Crippen molar-refractivity contribution in [3.05, 3.63) is 66.4 Å². The highest BCUT2D eigenvalue weighted by atomic mass is 16.5. The maximum absolute atomic E-state index is 12.2. The third-order valence-corrected chi connectivity index (χ3v) is 4.13. The average molecular weight is 348 g/mol. The number of amides is 1. The Morgan fingerprint density at radius 2 is 1.77 bits per heavy atom. The van der Waals surface area contributed by atoms with Crippen LogP contribution in [0.5, 0.6) is 5.75 Å². The number of benzene rings is 2. The Balaban J connectivity index is 1.53. The second-order valence-electron chi connectivity index (χ2n) is 5.93. The fourth-order valence-electron chi connectivity index (χ4n) is 2.75. The van der Waals surface area contributed by atoms with E-state index >= 15 is 0 Å². The number of para-hydroxylation sites is 1. The summed E-state index contributed by atoms with van der Waals surface area (Å²) in [6.45, 7) is 0. The molecule has 0 aliphatic carbocycles. The van der Waals surface area contributed by atoms with Gasteiger partial charge in [-0.1, -0.05) is 18.2 Å². The monoisotopic (exact) mass is 348 g/mol. The summed E-state index contributed by atoms with van der Waals surface area (Å²) in [5.74, 6) is 0.614. The predicted molar refractivity (Wildman–Crippen MR) is 102 cm³/mol. The lowest BCUT2D eigenvalue weighted by Crippen LogP contribution is -2.12. The number of methoxy groups -OCH3 is 1. The number of hydrogen-bond acceptors (Lipinski definition) is 4. The summed E-state index contributed by atoms with van der Waals surface area (Å²) in [6, 6.07) is 16.5. The number of fused-ring (bicyclic) bond motifs is 1. The molecule has 0 spiro atoms. The normalized spacial score (nSPS) is 10.5. The summed E-state index contributed by atoms with van der Waals surface area (Å²) in [4.78, 5) is 28.7. The summed E-state index contributed by atoms with van der Waals surface area (Å²) < 4.78 is 5.08. The smallest absolute Gasteiger partial charge is 0.224 e. The number of ether oxygens (including phenoxy) is 1. The largest absolute Gasteiger partial charge is 0.497 e. The van der Waals surface area contributed by atoms with Crippen molar-refractivity contribution in [3.8, 4) is 5.75 Å². The van der Waals surface area contributed by atoms with Crippen LogP contribution in [0.2, 0.25) is 0 Å². The van der Waals surface area contributed by atoms with Crippen molar-refractivity contribution in [2.24, 2.45) is 0 Å². The summed E-state index contributed by atoms with van der Waals surface area (Å²) in [5, 5.41) is 3.86.